The van der Waals surface area contributed by atoms with Gasteiger partial charge < -0.3 is 10.2 Å². The Morgan fingerprint density at radius 2 is 1.65 bits per heavy atom. The molecule has 1 unspecified atom stereocenters. The van der Waals surface area contributed by atoms with Gasteiger partial charge >= 0.3 is 0 Å². The van der Waals surface area contributed by atoms with Crippen molar-refractivity contribution in [2.24, 2.45) is 0 Å². The second kappa shape index (κ2) is 5.67. The number of para-hydroxylation sites is 1. The highest BCUT2D eigenvalue weighted by molar-refractivity contribution is 9.09. The molecule has 1 saturated heterocycles. The maximum Gasteiger partial charge on any atom is 0.228 e. The van der Waals surface area contributed by atoms with Crippen LogP contribution in [0, 0.1) is 0 Å². The molecule has 0 saturated carbocycles. The number of nitrogens with one attached hydrogen (secondary N) is 1. The van der Waals surface area contributed by atoms with Crippen LogP contribution in [0.15, 0.2) is 54.6 Å². The summed E-state index contributed by atoms with van der Waals surface area (Å²) >= 11 is 3.50. The van der Waals surface area contributed by atoms with Crippen molar-refractivity contribution in [1.29, 1.82) is 0 Å². The van der Waals surface area contributed by atoms with Gasteiger partial charge in [0.2, 0.25) is 5.91 Å². The molecule has 1 heterocycles. The summed E-state index contributed by atoms with van der Waals surface area (Å²) in [5.41, 5.74) is 3.02. The first-order valence-corrected chi connectivity index (χ1v) is 7.50. The van der Waals surface area contributed by atoms with Gasteiger partial charge in [0.05, 0.1) is 0 Å². The van der Waals surface area contributed by atoms with Gasteiger partial charge in [-0.05, 0) is 36.4 Å². The van der Waals surface area contributed by atoms with Crippen molar-refractivity contribution in [2.45, 2.75) is 11.2 Å². The van der Waals surface area contributed by atoms with Crippen LogP contribution in [0.25, 0.3) is 0 Å². The van der Waals surface area contributed by atoms with Crippen LogP contribution in [0.3, 0.4) is 0 Å². The summed E-state index contributed by atoms with van der Waals surface area (Å²) in [6.07, 6.45) is 0.573. The average Bonchev–Trinajstić information content (AvgIpc) is 2.80. The lowest BCUT2D eigenvalue weighted by molar-refractivity contribution is -0.117. The third kappa shape index (κ3) is 2.85. The standard InChI is InChI=1S/C16H15BrN2O/c17-12-10-16(20)19(11-12)15-8-6-14(7-9-15)18-13-4-2-1-3-5-13/h1-9,12,18H,10-11H2. The molecule has 1 N–H and O–H groups in total. The third-order valence-electron chi connectivity index (χ3n) is 3.32. The highest BCUT2D eigenvalue weighted by Crippen LogP contribution is 2.27. The van der Waals surface area contributed by atoms with Gasteiger partial charge in [0.1, 0.15) is 0 Å². The molecule has 0 radical (unpaired) electrons. The number of alkyl halides is 1. The van der Waals surface area contributed by atoms with Crippen LogP contribution >= 0.6 is 15.9 Å². The van der Waals surface area contributed by atoms with Crippen molar-refractivity contribution in [2.75, 3.05) is 16.8 Å². The molecule has 0 aromatic heterocycles. The van der Waals surface area contributed by atoms with E-state index in [0.29, 0.717) is 6.42 Å². The Hall–Kier alpha value is -1.81. The topological polar surface area (TPSA) is 32.3 Å². The Kier molecular flexibility index (Phi) is 3.74. The molecule has 102 valence electrons. The smallest absolute Gasteiger partial charge is 0.228 e. The molecule has 1 aliphatic heterocycles. The number of hydrogen-bond donors (Lipinski definition) is 1. The van der Waals surface area contributed by atoms with Gasteiger partial charge in [0.15, 0.2) is 0 Å². The molecule has 1 fully saturated rings. The van der Waals surface area contributed by atoms with E-state index in [-0.39, 0.29) is 10.7 Å². The number of anilines is 3. The van der Waals surface area contributed by atoms with Gasteiger partial charge in [-0.1, -0.05) is 34.1 Å². The van der Waals surface area contributed by atoms with Gasteiger partial charge in [0, 0.05) is 34.9 Å². The molecule has 1 aliphatic rings. The molecule has 3 rings (SSSR count). The fourth-order valence-corrected chi connectivity index (χ4v) is 2.89. The Labute approximate surface area is 126 Å². The first-order chi connectivity index (χ1) is 9.72. The zero-order valence-corrected chi connectivity index (χ0v) is 12.5. The highest BCUT2D eigenvalue weighted by Gasteiger charge is 2.28. The maximum absolute atomic E-state index is 11.8. The van der Waals surface area contributed by atoms with E-state index in [1.54, 1.807) is 0 Å². The molecular formula is C16H15BrN2O. The van der Waals surface area contributed by atoms with Crippen LogP contribution < -0.4 is 10.2 Å². The van der Waals surface area contributed by atoms with E-state index in [4.69, 9.17) is 0 Å². The Morgan fingerprint density at radius 1 is 1.00 bits per heavy atom. The largest absolute Gasteiger partial charge is 0.356 e. The van der Waals surface area contributed by atoms with Crippen LogP contribution in [0.4, 0.5) is 17.1 Å². The lowest BCUT2D eigenvalue weighted by Gasteiger charge is -2.16. The minimum absolute atomic E-state index is 0.177. The number of halogens is 1. The van der Waals surface area contributed by atoms with Crippen LogP contribution in [-0.4, -0.2) is 17.3 Å². The van der Waals surface area contributed by atoms with Gasteiger partial charge in [0.25, 0.3) is 0 Å². The molecular weight excluding hydrogens is 316 g/mol. The number of carbonyl (C=O) groups is 1. The molecule has 1 atom stereocenters. The lowest BCUT2D eigenvalue weighted by atomic mass is 10.2. The van der Waals surface area contributed by atoms with E-state index in [2.05, 4.69) is 21.2 Å². The van der Waals surface area contributed by atoms with Crippen LogP contribution in [0.1, 0.15) is 6.42 Å². The third-order valence-corrected chi connectivity index (χ3v) is 3.93. The highest BCUT2D eigenvalue weighted by atomic mass is 79.9. The summed E-state index contributed by atoms with van der Waals surface area (Å²) in [4.78, 5) is 13.9. The van der Waals surface area contributed by atoms with E-state index >= 15 is 0 Å². The monoisotopic (exact) mass is 330 g/mol. The summed E-state index contributed by atoms with van der Waals surface area (Å²) in [5.74, 6) is 0.177. The molecule has 2 aromatic carbocycles. The molecule has 4 heteroatoms. The average molecular weight is 331 g/mol. The second-order valence-corrected chi connectivity index (χ2v) is 6.14. The van der Waals surface area contributed by atoms with E-state index in [1.807, 2.05) is 59.5 Å². The first-order valence-electron chi connectivity index (χ1n) is 6.59. The van der Waals surface area contributed by atoms with Crippen LogP contribution in [0.2, 0.25) is 0 Å². The summed E-state index contributed by atoms with van der Waals surface area (Å²) in [6, 6.07) is 18.0. The SMILES string of the molecule is O=C1CC(Br)CN1c1ccc(Nc2ccccc2)cc1. The fourth-order valence-electron chi connectivity index (χ4n) is 2.33. The molecule has 1 amide bonds. The predicted octanol–water partition coefficient (Wildman–Crippen LogP) is 3.93. The Balaban J connectivity index is 1.73. The minimum atomic E-state index is 0.177. The van der Waals surface area contributed by atoms with Crippen molar-refractivity contribution in [3.05, 3.63) is 54.6 Å². The number of nitrogens with zero attached hydrogens (tertiary/aromatic N) is 1. The van der Waals surface area contributed by atoms with Gasteiger partial charge in [-0.15, -0.1) is 0 Å². The van der Waals surface area contributed by atoms with Crippen LogP contribution in [0.5, 0.6) is 0 Å². The number of amides is 1. The normalized spacial score (nSPS) is 18.4. The lowest BCUT2D eigenvalue weighted by Crippen LogP contribution is -2.24. The van der Waals surface area contributed by atoms with Gasteiger partial charge in [-0.3, -0.25) is 4.79 Å². The summed E-state index contributed by atoms with van der Waals surface area (Å²) in [5, 5.41) is 3.33. The van der Waals surface area contributed by atoms with Crippen molar-refractivity contribution < 1.29 is 4.79 Å². The molecule has 0 bridgehead atoms. The molecule has 3 nitrogen and oxygen atoms in total. The van der Waals surface area contributed by atoms with Crippen molar-refractivity contribution >= 4 is 38.9 Å². The minimum Gasteiger partial charge on any atom is -0.356 e. The Morgan fingerprint density at radius 3 is 2.25 bits per heavy atom. The number of benzene rings is 2. The summed E-state index contributed by atoms with van der Waals surface area (Å²) in [6.45, 7) is 0.740. The number of carbonyl (C=O) groups excluding carboxylic acids is 1. The van der Waals surface area contributed by atoms with Gasteiger partial charge in [-0.25, -0.2) is 0 Å². The molecule has 20 heavy (non-hydrogen) atoms. The van der Waals surface area contributed by atoms with E-state index in [0.717, 1.165) is 23.6 Å². The van der Waals surface area contributed by atoms with E-state index in [9.17, 15) is 4.79 Å². The zero-order valence-electron chi connectivity index (χ0n) is 10.9. The molecule has 0 aliphatic carbocycles. The van der Waals surface area contributed by atoms with Crippen molar-refractivity contribution in [3.63, 3.8) is 0 Å². The van der Waals surface area contributed by atoms with Crippen molar-refractivity contribution in [1.82, 2.24) is 0 Å². The molecule has 2 aromatic rings. The number of rotatable bonds is 3. The van der Waals surface area contributed by atoms with Crippen molar-refractivity contribution in [3.8, 4) is 0 Å². The summed E-state index contributed by atoms with van der Waals surface area (Å²) < 4.78 is 0. The number of hydrogen-bond acceptors (Lipinski definition) is 2. The second-order valence-electron chi connectivity index (χ2n) is 4.84. The predicted molar refractivity (Wildman–Crippen MR) is 85.9 cm³/mol. The van der Waals surface area contributed by atoms with E-state index in [1.165, 1.54) is 0 Å². The van der Waals surface area contributed by atoms with Crippen LogP contribution in [-0.2, 0) is 4.79 Å². The van der Waals surface area contributed by atoms with E-state index < -0.39 is 0 Å². The zero-order chi connectivity index (χ0) is 13.9. The van der Waals surface area contributed by atoms with Gasteiger partial charge in [-0.2, -0.15) is 0 Å². The first kappa shape index (κ1) is 13.2. The fraction of sp³-hybridized carbons (Fsp3) is 0.188. The summed E-state index contributed by atoms with van der Waals surface area (Å²) in [7, 11) is 0. The Bertz CT molecular complexity index is 598. The quantitative estimate of drug-likeness (QED) is 0.865. The molecule has 0 spiro atoms. The maximum atomic E-state index is 11.8.